The summed E-state index contributed by atoms with van der Waals surface area (Å²) in [5.74, 6) is 0.109. The Morgan fingerprint density at radius 1 is 1.14 bits per heavy atom. The first kappa shape index (κ1) is 15.5. The third-order valence-electron chi connectivity index (χ3n) is 3.73. The summed E-state index contributed by atoms with van der Waals surface area (Å²) in [7, 11) is 1.86. The summed E-state index contributed by atoms with van der Waals surface area (Å²) in [5.41, 5.74) is 0.622. The molecule has 0 bridgehead atoms. The van der Waals surface area contributed by atoms with Crippen molar-refractivity contribution < 1.29 is 4.79 Å². The minimum atomic E-state index is -0.527. The number of hydrogen-bond donors (Lipinski definition) is 1. The van der Waals surface area contributed by atoms with Crippen molar-refractivity contribution in [2.24, 2.45) is 0 Å². The number of likely N-dealkylation sites (N-methyl/N-ethyl adjacent to an activating group) is 2. The van der Waals surface area contributed by atoms with E-state index in [4.69, 9.17) is 0 Å². The number of amides is 1. The molecule has 0 spiro atoms. The smallest absolute Gasteiger partial charge is 0.242 e. The van der Waals surface area contributed by atoms with Gasteiger partial charge in [-0.1, -0.05) is 43.3 Å². The maximum absolute atomic E-state index is 12.5. The highest BCUT2D eigenvalue weighted by Crippen LogP contribution is 2.17. The number of nitrogens with zero attached hydrogens (tertiary/aromatic N) is 1. The number of hydrogen-bond acceptors (Lipinski definition) is 2. The molecule has 0 aliphatic carbocycles. The Morgan fingerprint density at radius 3 is 2.48 bits per heavy atom. The second-order valence-electron chi connectivity index (χ2n) is 6.00. The maximum atomic E-state index is 12.5. The van der Waals surface area contributed by atoms with Crippen molar-refractivity contribution in [2.75, 3.05) is 13.6 Å². The first-order chi connectivity index (χ1) is 9.94. The minimum absolute atomic E-state index is 0.109. The number of fused-ring (bicyclic) bond motifs is 1. The SMILES string of the molecule is CCNC(C)(C)C(=O)N(C)Cc1ccc2ccccc2c1. The summed E-state index contributed by atoms with van der Waals surface area (Å²) in [5, 5.41) is 5.66. The Kier molecular flexibility index (Phi) is 4.63. The van der Waals surface area contributed by atoms with Gasteiger partial charge in [-0.05, 0) is 42.8 Å². The second kappa shape index (κ2) is 6.27. The van der Waals surface area contributed by atoms with Gasteiger partial charge in [0.25, 0.3) is 0 Å². The van der Waals surface area contributed by atoms with Crippen molar-refractivity contribution in [3.63, 3.8) is 0 Å². The molecule has 112 valence electrons. The van der Waals surface area contributed by atoms with Crippen LogP contribution in [-0.4, -0.2) is 29.9 Å². The molecule has 0 saturated carbocycles. The molecular weight excluding hydrogens is 260 g/mol. The minimum Gasteiger partial charge on any atom is -0.340 e. The number of rotatable bonds is 5. The van der Waals surface area contributed by atoms with E-state index in [1.165, 1.54) is 10.8 Å². The van der Waals surface area contributed by atoms with Crippen LogP contribution in [0.1, 0.15) is 26.3 Å². The average molecular weight is 284 g/mol. The standard InChI is InChI=1S/C18H24N2O/c1-5-19-18(2,3)17(21)20(4)13-14-10-11-15-8-6-7-9-16(15)12-14/h6-12,19H,5,13H2,1-4H3. The largest absolute Gasteiger partial charge is 0.340 e. The molecule has 0 aliphatic heterocycles. The number of nitrogens with one attached hydrogen (secondary N) is 1. The van der Waals surface area contributed by atoms with Crippen LogP contribution in [0.25, 0.3) is 10.8 Å². The molecule has 0 fully saturated rings. The summed E-state index contributed by atoms with van der Waals surface area (Å²) >= 11 is 0. The molecule has 0 atom stereocenters. The lowest BCUT2D eigenvalue weighted by molar-refractivity contribution is -0.136. The molecule has 21 heavy (non-hydrogen) atoms. The van der Waals surface area contributed by atoms with E-state index in [1.54, 1.807) is 4.90 Å². The van der Waals surface area contributed by atoms with Gasteiger partial charge in [0.15, 0.2) is 0 Å². The normalized spacial score (nSPS) is 11.6. The lowest BCUT2D eigenvalue weighted by Gasteiger charge is -2.30. The third kappa shape index (κ3) is 3.61. The molecule has 0 heterocycles. The van der Waals surface area contributed by atoms with Gasteiger partial charge in [-0.25, -0.2) is 0 Å². The zero-order valence-corrected chi connectivity index (χ0v) is 13.3. The summed E-state index contributed by atoms with van der Waals surface area (Å²) in [6, 6.07) is 14.6. The predicted molar refractivity (Wildman–Crippen MR) is 88.2 cm³/mol. The van der Waals surface area contributed by atoms with E-state index >= 15 is 0 Å². The molecule has 1 N–H and O–H groups in total. The Bertz CT molecular complexity index is 634. The number of carbonyl (C=O) groups is 1. The van der Waals surface area contributed by atoms with Crippen LogP contribution in [0.5, 0.6) is 0 Å². The van der Waals surface area contributed by atoms with E-state index < -0.39 is 5.54 Å². The van der Waals surface area contributed by atoms with Crippen LogP contribution in [0, 0.1) is 0 Å². The van der Waals surface area contributed by atoms with Gasteiger partial charge in [-0.3, -0.25) is 4.79 Å². The first-order valence-corrected chi connectivity index (χ1v) is 7.42. The molecule has 0 aromatic heterocycles. The Morgan fingerprint density at radius 2 is 1.81 bits per heavy atom. The molecule has 1 amide bonds. The summed E-state index contributed by atoms with van der Waals surface area (Å²) in [4.78, 5) is 14.3. The van der Waals surface area contributed by atoms with E-state index in [0.717, 1.165) is 12.1 Å². The van der Waals surface area contributed by atoms with Gasteiger partial charge in [0.1, 0.15) is 0 Å². The molecule has 3 heteroatoms. The van der Waals surface area contributed by atoms with Gasteiger partial charge in [-0.15, -0.1) is 0 Å². The van der Waals surface area contributed by atoms with Crippen LogP contribution in [0.4, 0.5) is 0 Å². The Balaban J connectivity index is 2.14. The molecule has 0 saturated heterocycles. The van der Waals surface area contributed by atoms with Gasteiger partial charge in [0, 0.05) is 13.6 Å². The van der Waals surface area contributed by atoms with Crippen LogP contribution < -0.4 is 5.32 Å². The van der Waals surface area contributed by atoms with Crippen molar-refractivity contribution in [1.29, 1.82) is 0 Å². The maximum Gasteiger partial charge on any atom is 0.242 e. The zero-order valence-electron chi connectivity index (χ0n) is 13.3. The van der Waals surface area contributed by atoms with Gasteiger partial charge < -0.3 is 10.2 Å². The van der Waals surface area contributed by atoms with Crippen LogP contribution in [-0.2, 0) is 11.3 Å². The Hall–Kier alpha value is -1.87. The molecule has 0 unspecified atom stereocenters. The van der Waals surface area contributed by atoms with Crippen molar-refractivity contribution in [3.05, 3.63) is 48.0 Å². The predicted octanol–water partition coefficient (Wildman–Crippen LogP) is 3.19. The van der Waals surface area contributed by atoms with E-state index in [0.29, 0.717) is 6.54 Å². The van der Waals surface area contributed by atoms with E-state index in [2.05, 4.69) is 35.6 Å². The first-order valence-electron chi connectivity index (χ1n) is 7.42. The highest BCUT2D eigenvalue weighted by Gasteiger charge is 2.29. The summed E-state index contributed by atoms with van der Waals surface area (Å²) in [6.45, 7) is 7.27. The van der Waals surface area contributed by atoms with Crippen molar-refractivity contribution >= 4 is 16.7 Å². The van der Waals surface area contributed by atoms with Crippen LogP contribution >= 0.6 is 0 Å². The van der Waals surface area contributed by atoms with Crippen LogP contribution in [0.15, 0.2) is 42.5 Å². The Labute approximate surface area is 127 Å². The van der Waals surface area contributed by atoms with Gasteiger partial charge in [-0.2, -0.15) is 0 Å². The molecule has 0 radical (unpaired) electrons. The lowest BCUT2D eigenvalue weighted by Crippen LogP contribution is -2.52. The monoisotopic (exact) mass is 284 g/mol. The van der Waals surface area contributed by atoms with Crippen LogP contribution in [0.3, 0.4) is 0 Å². The van der Waals surface area contributed by atoms with Gasteiger partial charge in [0.2, 0.25) is 5.91 Å². The zero-order chi connectivity index (χ0) is 15.5. The third-order valence-corrected chi connectivity index (χ3v) is 3.73. The highest BCUT2D eigenvalue weighted by atomic mass is 16.2. The second-order valence-corrected chi connectivity index (χ2v) is 6.00. The summed E-state index contributed by atoms with van der Waals surface area (Å²) < 4.78 is 0. The fraction of sp³-hybridized carbons (Fsp3) is 0.389. The van der Waals surface area contributed by atoms with E-state index in [1.807, 2.05) is 40.0 Å². The molecular formula is C18H24N2O. The quantitative estimate of drug-likeness (QED) is 0.914. The van der Waals surface area contributed by atoms with Crippen molar-refractivity contribution in [1.82, 2.24) is 10.2 Å². The molecule has 2 aromatic carbocycles. The topological polar surface area (TPSA) is 32.3 Å². The fourth-order valence-corrected chi connectivity index (χ4v) is 2.68. The molecule has 0 aliphatic rings. The molecule has 2 aromatic rings. The average Bonchev–Trinajstić information content (AvgIpc) is 2.46. The van der Waals surface area contributed by atoms with Gasteiger partial charge >= 0.3 is 0 Å². The number of benzene rings is 2. The van der Waals surface area contributed by atoms with Crippen LogP contribution in [0.2, 0.25) is 0 Å². The van der Waals surface area contributed by atoms with Gasteiger partial charge in [0.05, 0.1) is 5.54 Å². The van der Waals surface area contributed by atoms with Crippen molar-refractivity contribution in [3.8, 4) is 0 Å². The summed E-state index contributed by atoms with van der Waals surface area (Å²) in [6.07, 6.45) is 0. The van der Waals surface area contributed by atoms with E-state index in [9.17, 15) is 4.79 Å². The van der Waals surface area contributed by atoms with E-state index in [-0.39, 0.29) is 5.91 Å². The highest BCUT2D eigenvalue weighted by molar-refractivity contribution is 5.86. The van der Waals surface area contributed by atoms with Crippen molar-refractivity contribution in [2.45, 2.75) is 32.9 Å². The molecule has 3 nitrogen and oxygen atoms in total. The lowest BCUT2D eigenvalue weighted by atomic mass is 10.0. The molecule has 2 rings (SSSR count). The number of carbonyl (C=O) groups excluding carboxylic acids is 1. The fourth-order valence-electron chi connectivity index (χ4n) is 2.68.